The summed E-state index contributed by atoms with van der Waals surface area (Å²) in [7, 11) is 0. The molecule has 0 unspecified atom stereocenters. The highest BCUT2D eigenvalue weighted by Crippen LogP contribution is 2.50. The molecule has 0 spiro atoms. The van der Waals surface area contributed by atoms with E-state index in [1.165, 1.54) is 77.1 Å². The summed E-state index contributed by atoms with van der Waals surface area (Å²) in [6, 6.07) is 47.7. The first-order valence-electron chi connectivity index (χ1n) is 18.6. The summed E-state index contributed by atoms with van der Waals surface area (Å²) < 4.78 is 9.70. The van der Waals surface area contributed by atoms with Gasteiger partial charge in [0.2, 0.25) is 0 Å². The van der Waals surface area contributed by atoms with E-state index in [0.29, 0.717) is 0 Å². The molecule has 0 saturated heterocycles. The standard InChI is InChI=1S/C48H39BN2O/c1-47(2,3)29-24-30(48(4,5)6)26-31(25-29)50-40-23-22-28-14-7-8-15-32(28)42(40)49-43-37(27-38-34-17-10-12-21-41(34)52-46(38)45(43)50)36-19-13-18-35-33-16-9-11-20-39(33)51(49)44(35)36/h7-27H,1-6H3. The monoisotopic (exact) mass is 670 g/mol. The third-order valence-electron chi connectivity index (χ3n) is 11.8. The Hall–Kier alpha value is -5.74. The minimum Gasteiger partial charge on any atom is -0.454 e. The second-order valence-corrected chi connectivity index (χ2v) is 17.0. The number of nitrogens with zero attached hydrogens (tertiary/aromatic N) is 2. The van der Waals surface area contributed by atoms with Crippen LogP contribution in [-0.2, 0) is 10.8 Å². The molecule has 7 aromatic carbocycles. The van der Waals surface area contributed by atoms with Crippen LogP contribution >= 0.6 is 0 Å². The van der Waals surface area contributed by atoms with E-state index in [4.69, 9.17) is 4.42 Å². The van der Waals surface area contributed by atoms with Gasteiger partial charge in [0, 0.05) is 49.5 Å². The van der Waals surface area contributed by atoms with Gasteiger partial charge >= 0.3 is 6.85 Å². The molecule has 2 aliphatic heterocycles. The summed E-state index contributed by atoms with van der Waals surface area (Å²) >= 11 is 0. The molecule has 250 valence electrons. The summed E-state index contributed by atoms with van der Waals surface area (Å²) in [4.78, 5) is 2.56. The quantitative estimate of drug-likeness (QED) is 0.162. The van der Waals surface area contributed by atoms with E-state index < -0.39 is 0 Å². The number of hydrogen-bond acceptors (Lipinski definition) is 2. The number of benzene rings is 7. The zero-order chi connectivity index (χ0) is 35.3. The Bertz CT molecular complexity index is 2970. The lowest BCUT2D eigenvalue weighted by molar-refractivity contribution is 0.569. The largest absolute Gasteiger partial charge is 0.454 e. The maximum Gasteiger partial charge on any atom is 0.333 e. The molecule has 0 radical (unpaired) electrons. The van der Waals surface area contributed by atoms with Crippen LogP contribution in [0.1, 0.15) is 52.7 Å². The van der Waals surface area contributed by atoms with Crippen LogP contribution < -0.4 is 15.8 Å². The van der Waals surface area contributed by atoms with E-state index in [-0.39, 0.29) is 17.7 Å². The second-order valence-electron chi connectivity index (χ2n) is 17.0. The second kappa shape index (κ2) is 9.98. The Morgan fingerprint density at radius 3 is 1.98 bits per heavy atom. The van der Waals surface area contributed by atoms with Crippen LogP contribution in [-0.4, -0.2) is 11.3 Å². The van der Waals surface area contributed by atoms with Crippen LogP contribution in [0.25, 0.3) is 65.6 Å². The molecule has 0 atom stereocenters. The van der Waals surface area contributed by atoms with Gasteiger partial charge in [-0.15, -0.1) is 0 Å². The van der Waals surface area contributed by atoms with Crippen LogP contribution in [0.5, 0.6) is 0 Å². The molecule has 2 aromatic heterocycles. The van der Waals surface area contributed by atoms with Crippen LogP contribution in [0, 0.1) is 0 Å². The minimum absolute atomic E-state index is 0.0417. The lowest BCUT2D eigenvalue weighted by Gasteiger charge is -2.41. The molecule has 0 bridgehead atoms. The number of para-hydroxylation sites is 3. The minimum atomic E-state index is -0.0647. The van der Waals surface area contributed by atoms with Crippen molar-refractivity contribution in [1.82, 2.24) is 4.48 Å². The van der Waals surface area contributed by atoms with Gasteiger partial charge in [0.25, 0.3) is 0 Å². The molecule has 2 aliphatic rings. The van der Waals surface area contributed by atoms with Crippen molar-refractivity contribution in [2.45, 2.75) is 52.4 Å². The Kier molecular flexibility index (Phi) is 5.75. The van der Waals surface area contributed by atoms with Gasteiger partial charge < -0.3 is 13.8 Å². The van der Waals surface area contributed by atoms with Crippen LogP contribution in [0.4, 0.5) is 17.1 Å². The number of aromatic nitrogens is 1. The average molecular weight is 671 g/mol. The number of anilines is 3. The van der Waals surface area contributed by atoms with Gasteiger partial charge in [-0.1, -0.05) is 133 Å². The summed E-state index contributed by atoms with van der Waals surface area (Å²) in [6.45, 7) is 13.9. The third-order valence-corrected chi connectivity index (χ3v) is 11.8. The number of rotatable bonds is 1. The van der Waals surface area contributed by atoms with Crippen LogP contribution in [0.3, 0.4) is 0 Å². The molecule has 4 heterocycles. The third kappa shape index (κ3) is 3.87. The number of furan rings is 1. The van der Waals surface area contributed by atoms with Crippen molar-refractivity contribution < 1.29 is 4.42 Å². The van der Waals surface area contributed by atoms with Gasteiger partial charge in [-0.05, 0) is 85.6 Å². The highest BCUT2D eigenvalue weighted by molar-refractivity contribution is 6.92. The van der Waals surface area contributed by atoms with Crippen molar-refractivity contribution in [3.8, 4) is 11.1 Å². The first kappa shape index (κ1) is 29.9. The topological polar surface area (TPSA) is 21.3 Å². The van der Waals surface area contributed by atoms with E-state index in [1.54, 1.807) is 0 Å². The van der Waals surface area contributed by atoms with Crippen LogP contribution in [0.15, 0.2) is 132 Å². The first-order valence-corrected chi connectivity index (χ1v) is 18.6. The maximum atomic E-state index is 7.05. The molecule has 4 heteroatoms. The van der Waals surface area contributed by atoms with E-state index in [1.807, 2.05) is 0 Å². The molecular formula is C48H39BN2O. The van der Waals surface area contributed by atoms with E-state index in [0.717, 1.165) is 27.6 Å². The number of hydrogen-bond donors (Lipinski definition) is 0. The summed E-state index contributed by atoms with van der Waals surface area (Å²) in [5.41, 5.74) is 15.7. The fourth-order valence-electron chi connectivity index (χ4n) is 9.28. The lowest BCUT2D eigenvalue weighted by atomic mass is 9.44. The fraction of sp³-hybridized carbons (Fsp3) is 0.167. The molecule has 0 aliphatic carbocycles. The van der Waals surface area contributed by atoms with Gasteiger partial charge in [-0.2, -0.15) is 0 Å². The average Bonchev–Trinajstić information content (AvgIpc) is 3.68. The summed E-state index contributed by atoms with van der Waals surface area (Å²) in [5, 5.41) is 7.43. The molecule has 3 nitrogen and oxygen atoms in total. The van der Waals surface area contributed by atoms with Gasteiger partial charge in [-0.3, -0.25) is 0 Å². The highest BCUT2D eigenvalue weighted by atomic mass is 16.3. The lowest BCUT2D eigenvalue weighted by Crippen LogP contribution is -2.57. The maximum absolute atomic E-state index is 7.05. The summed E-state index contributed by atoms with van der Waals surface area (Å²) in [6.07, 6.45) is 0. The van der Waals surface area contributed by atoms with E-state index in [9.17, 15) is 0 Å². The van der Waals surface area contributed by atoms with Crippen molar-refractivity contribution in [2.24, 2.45) is 0 Å². The smallest absolute Gasteiger partial charge is 0.333 e. The Morgan fingerprint density at radius 2 is 1.21 bits per heavy atom. The SMILES string of the molecule is CC(C)(C)c1cc(N2c3ccc4ccccc4c3B3c4c(cc5c(oc6ccccc65)c42)-c2cccc4c5ccccc5n3c24)cc(C(C)(C)C)c1. The van der Waals surface area contributed by atoms with Gasteiger partial charge in [0.15, 0.2) is 5.58 Å². The Balaban J connectivity index is 1.39. The predicted octanol–water partition coefficient (Wildman–Crippen LogP) is 11.9. The first-order chi connectivity index (χ1) is 25.1. The van der Waals surface area contributed by atoms with E-state index >= 15 is 0 Å². The zero-order valence-electron chi connectivity index (χ0n) is 30.5. The zero-order valence-corrected chi connectivity index (χ0v) is 30.5. The molecule has 52 heavy (non-hydrogen) atoms. The normalized spacial score (nSPS) is 13.9. The van der Waals surface area contributed by atoms with Crippen molar-refractivity contribution >= 4 is 89.4 Å². The van der Waals surface area contributed by atoms with Crippen LogP contribution in [0.2, 0.25) is 0 Å². The van der Waals surface area contributed by atoms with E-state index in [2.05, 4.69) is 178 Å². The Labute approximate surface area is 304 Å². The molecule has 11 rings (SSSR count). The molecule has 9 aromatic rings. The summed E-state index contributed by atoms with van der Waals surface area (Å²) in [5.74, 6) is 0. The van der Waals surface area contributed by atoms with Gasteiger partial charge in [0.05, 0.1) is 5.69 Å². The number of fused-ring (bicyclic) bond motifs is 13. The Morgan fingerprint density at radius 1 is 0.538 bits per heavy atom. The van der Waals surface area contributed by atoms with Crippen molar-refractivity contribution in [1.29, 1.82) is 0 Å². The van der Waals surface area contributed by atoms with Gasteiger partial charge in [-0.25, -0.2) is 0 Å². The highest BCUT2D eigenvalue weighted by Gasteiger charge is 2.45. The predicted molar refractivity (Wildman–Crippen MR) is 222 cm³/mol. The van der Waals surface area contributed by atoms with Crippen molar-refractivity contribution in [3.05, 3.63) is 139 Å². The fourth-order valence-corrected chi connectivity index (χ4v) is 9.28. The van der Waals surface area contributed by atoms with Crippen molar-refractivity contribution in [3.63, 3.8) is 0 Å². The molecule has 0 amide bonds. The molecule has 0 N–H and O–H groups in total. The molecule has 0 fully saturated rings. The molecular weight excluding hydrogens is 631 g/mol. The van der Waals surface area contributed by atoms with Crippen molar-refractivity contribution in [2.75, 3.05) is 4.90 Å². The molecule has 0 saturated carbocycles. The van der Waals surface area contributed by atoms with Gasteiger partial charge in [0.1, 0.15) is 5.58 Å².